The number of anilines is 1. The van der Waals surface area contributed by atoms with Crippen LogP contribution in [0.1, 0.15) is 54.9 Å². The Balaban J connectivity index is 1.68. The van der Waals surface area contributed by atoms with Crippen LogP contribution in [0.25, 0.3) is 0 Å². The highest BCUT2D eigenvalue weighted by Gasteiger charge is 2.45. The second-order valence-electron chi connectivity index (χ2n) is 11.8. The molecule has 2 aliphatic rings. The number of benzene rings is 3. The van der Waals surface area contributed by atoms with Gasteiger partial charge in [-0.05, 0) is 84.3 Å². The Kier molecular flexibility index (Phi) is 8.12. The molecule has 220 valence electrons. The molecule has 0 amide bonds. The van der Waals surface area contributed by atoms with Gasteiger partial charge in [-0.2, -0.15) is 5.26 Å². The summed E-state index contributed by atoms with van der Waals surface area (Å²) >= 11 is 7.68. The minimum atomic E-state index is -0.697. The van der Waals surface area contributed by atoms with Crippen LogP contribution in [-0.4, -0.2) is 10.7 Å². The van der Waals surface area contributed by atoms with E-state index >= 15 is 0 Å². The number of carbonyl (C=O) groups is 1. The molecule has 3 aromatic carbocycles. The fraction of sp³-hybridized carbons (Fsp3) is 0.273. The van der Waals surface area contributed by atoms with Crippen molar-refractivity contribution in [2.75, 3.05) is 4.90 Å². The molecule has 0 aromatic heterocycles. The largest absolute Gasteiger partial charge is 0.384 e. The van der Waals surface area contributed by atoms with Crippen LogP contribution in [-0.2, 0) is 10.5 Å². The Hall–Kier alpha value is -4.13. The number of carbonyl (C=O) groups excluding carboxylic acids is 1. The van der Waals surface area contributed by atoms with Gasteiger partial charge >= 0.3 is 0 Å². The van der Waals surface area contributed by atoms with Crippen molar-refractivity contribution < 1.29 is 14.1 Å². The van der Waals surface area contributed by atoms with Gasteiger partial charge in [-0.3, -0.25) is 19.8 Å². The Bertz CT molecular complexity index is 1780. The second kappa shape index (κ2) is 11.5. The summed E-state index contributed by atoms with van der Waals surface area (Å²) in [7, 11) is 0. The zero-order valence-corrected chi connectivity index (χ0v) is 25.8. The molecule has 1 unspecified atom stereocenters. The lowest BCUT2D eigenvalue weighted by Gasteiger charge is -2.44. The van der Waals surface area contributed by atoms with E-state index in [2.05, 4.69) is 6.07 Å². The molecule has 1 heterocycles. The third-order valence-electron chi connectivity index (χ3n) is 8.01. The van der Waals surface area contributed by atoms with Crippen molar-refractivity contribution in [3.8, 4) is 6.07 Å². The van der Waals surface area contributed by atoms with Crippen LogP contribution in [0.4, 0.5) is 15.8 Å². The number of rotatable bonds is 6. The SMILES string of the molecule is Cc1cc(C)c(C2C(C#N)=C(N)N(c3ccc(Cl)c([N+](=O)[O-])c3)C3=C2C(=O)CC(C)(C)C3)cc1CSc1ccc(F)cc1. The minimum Gasteiger partial charge on any atom is -0.384 e. The molecule has 7 nitrogen and oxygen atoms in total. The molecular weight excluding hydrogens is 587 g/mol. The highest BCUT2D eigenvalue weighted by Crippen LogP contribution is 2.51. The summed E-state index contributed by atoms with van der Waals surface area (Å²) in [4.78, 5) is 27.7. The summed E-state index contributed by atoms with van der Waals surface area (Å²) in [6.07, 6.45) is 0.756. The fourth-order valence-corrected chi connectivity index (χ4v) is 7.12. The van der Waals surface area contributed by atoms with E-state index in [9.17, 15) is 24.6 Å². The molecule has 0 saturated heterocycles. The van der Waals surface area contributed by atoms with Gasteiger partial charge in [0.25, 0.3) is 5.69 Å². The molecule has 3 aromatic rings. The summed E-state index contributed by atoms with van der Waals surface area (Å²) in [6.45, 7) is 7.96. The van der Waals surface area contributed by atoms with Crippen molar-refractivity contribution >= 4 is 40.5 Å². The topological polar surface area (TPSA) is 113 Å². The Morgan fingerprint density at radius 3 is 2.49 bits per heavy atom. The van der Waals surface area contributed by atoms with Crippen LogP contribution in [0.3, 0.4) is 0 Å². The molecule has 1 atom stereocenters. The molecule has 0 radical (unpaired) electrons. The van der Waals surface area contributed by atoms with Crippen molar-refractivity contribution in [1.29, 1.82) is 5.26 Å². The first kappa shape index (κ1) is 30.3. The zero-order valence-electron chi connectivity index (χ0n) is 24.2. The summed E-state index contributed by atoms with van der Waals surface area (Å²) in [6, 6.07) is 17.0. The first-order valence-corrected chi connectivity index (χ1v) is 15.1. The molecule has 0 fully saturated rings. The predicted octanol–water partition coefficient (Wildman–Crippen LogP) is 8.24. The Morgan fingerprint density at radius 2 is 1.84 bits per heavy atom. The molecule has 1 aliphatic carbocycles. The van der Waals surface area contributed by atoms with Gasteiger partial charge in [0.05, 0.1) is 28.2 Å². The van der Waals surface area contributed by atoms with Gasteiger partial charge in [0.15, 0.2) is 5.78 Å². The molecule has 0 spiro atoms. The van der Waals surface area contributed by atoms with Crippen molar-refractivity contribution in [1.82, 2.24) is 0 Å². The third kappa shape index (κ3) is 5.77. The normalized spacial score (nSPS) is 18.0. The summed E-state index contributed by atoms with van der Waals surface area (Å²) in [5.74, 6) is -0.359. The number of nitro groups is 1. The van der Waals surface area contributed by atoms with Gasteiger partial charge in [0, 0.05) is 34.4 Å². The van der Waals surface area contributed by atoms with E-state index < -0.39 is 16.3 Å². The monoisotopic (exact) mass is 616 g/mol. The number of thioether (sulfide) groups is 1. The highest BCUT2D eigenvalue weighted by molar-refractivity contribution is 7.98. The number of nitro benzene ring substituents is 1. The third-order valence-corrected chi connectivity index (χ3v) is 9.39. The average Bonchev–Trinajstić information content (AvgIpc) is 2.93. The molecule has 2 N–H and O–H groups in total. The number of nitrogens with zero attached hydrogens (tertiary/aromatic N) is 3. The van der Waals surface area contributed by atoms with Crippen LogP contribution in [0.15, 0.2) is 82.2 Å². The molecule has 5 rings (SSSR count). The maximum Gasteiger partial charge on any atom is 0.289 e. The predicted molar refractivity (Wildman–Crippen MR) is 167 cm³/mol. The van der Waals surface area contributed by atoms with Crippen molar-refractivity contribution in [2.45, 2.75) is 57.1 Å². The Labute approximate surface area is 259 Å². The Morgan fingerprint density at radius 1 is 1.14 bits per heavy atom. The quantitative estimate of drug-likeness (QED) is 0.168. The van der Waals surface area contributed by atoms with Crippen LogP contribution in [0, 0.1) is 46.5 Å². The maximum atomic E-state index is 14.0. The van der Waals surface area contributed by atoms with Gasteiger partial charge in [-0.1, -0.05) is 37.6 Å². The summed E-state index contributed by atoms with van der Waals surface area (Å²) in [5.41, 5.74) is 11.5. The molecule has 0 bridgehead atoms. The van der Waals surface area contributed by atoms with Crippen molar-refractivity contribution in [3.63, 3.8) is 0 Å². The van der Waals surface area contributed by atoms with Crippen LogP contribution in [0.2, 0.25) is 5.02 Å². The van der Waals surface area contributed by atoms with E-state index in [1.165, 1.54) is 24.3 Å². The summed E-state index contributed by atoms with van der Waals surface area (Å²) < 4.78 is 13.4. The number of allylic oxidation sites excluding steroid dienone is 3. The summed E-state index contributed by atoms with van der Waals surface area (Å²) in [5, 5.41) is 22.2. The van der Waals surface area contributed by atoms with E-state index in [1.807, 2.05) is 39.8 Å². The standard InChI is InChI=1S/C33H30ClFN4O3S/c1-18-11-19(2)24(12-20(18)17-43-23-8-5-21(35)6-9-23)30-25(16-36)32(37)38(22-7-10-26(34)27(13-22)39(41)42)28-14-33(3,4)15-29(40)31(28)30/h5-13,30H,14-15,17,37H2,1-4H3. The van der Waals surface area contributed by atoms with Crippen molar-refractivity contribution in [3.05, 3.63) is 120 Å². The van der Waals surface area contributed by atoms with Gasteiger partial charge in [0.2, 0.25) is 0 Å². The number of nitrogens with two attached hydrogens (primary N) is 1. The van der Waals surface area contributed by atoms with E-state index in [0.29, 0.717) is 29.1 Å². The smallest absolute Gasteiger partial charge is 0.289 e. The maximum absolute atomic E-state index is 14.0. The molecule has 1 aliphatic heterocycles. The van der Waals surface area contributed by atoms with E-state index in [4.69, 9.17) is 17.3 Å². The first-order chi connectivity index (χ1) is 20.3. The molecule has 10 heteroatoms. The number of Topliss-reactive ketones (excluding diaryl/α,β-unsaturated/α-hetero) is 1. The van der Waals surface area contributed by atoms with E-state index in [1.54, 1.807) is 34.9 Å². The minimum absolute atomic E-state index is 0.0257. The molecule has 0 saturated carbocycles. The van der Waals surface area contributed by atoms with Crippen LogP contribution >= 0.6 is 23.4 Å². The number of hydrogen-bond donors (Lipinski definition) is 1. The van der Waals surface area contributed by atoms with E-state index in [-0.39, 0.29) is 40.1 Å². The number of halogens is 2. The zero-order chi connectivity index (χ0) is 31.2. The van der Waals surface area contributed by atoms with Gasteiger partial charge in [-0.15, -0.1) is 11.8 Å². The first-order valence-electron chi connectivity index (χ1n) is 13.7. The van der Waals surface area contributed by atoms with Gasteiger partial charge in [-0.25, -0.2) is 4.39 Å². The molecular formula is C33H30ClFN4O3S. The molecule has 43 heavy (non-hydrogen) atoms. The van der Waals surface area contributed by atoms with Crippen molar-refractivity contribution in [2.24, 2.45) is 11.1 Å². The lowest BCUT2D eigenvalue weighted by atomic mass is 9.68. The number of hydrogen-bond acceptors (Lipinski definition) is 7. The number of aryl methyl sites for hydroxylation is 2. The second-order valence-corrected chi connectivity index (χ2v) is 13.2. The number of ketones is 1. The van der Waals surface area contributed by atoms with Crippen LogP contribution in [0.5, 0.6) is 0 Å². The van der Waals surface area contributed by atoms with E-state index in [0.717, 1.165) is 27.1 Å². The highest BCUT2D eigenvalue weighted by atomic mass is 35.5. The lowest BCUT2D eigenvalue weighted by Crippen LogP contribution is -2.42. The number of nitriles is 1. The van der Waals surface area contributed by atoms with Gasteiger partial charge in [0.1, 0.15) is 16.7 Å². The lowest BCUT2D eigenvalue weighted by molar-refractivity contribution is -0.384. The fourth-order valence-electron chi connectivity index (χ4n) is 5.97. The van der Waals surface area contributed by atoms with Gasteiger partial charge < -0.3 is 5.73 Å². The average molecular weight is 617 g/mol. The van der Waals surface area contributed by atoms with Crippen LogP contribution < -0.4 is 10.6 Å².